The van der Waals surface area contributed by atoms with E-state index in [9.17, 15) is 0 Å². The van der Waals surface area contributed by atoms with E-state index in [4.69, 9.17) is 4.74 Å². The van der Waals surface area contributed by atoms with Crippen LogP contribution in [-0.2, 0) is 0 Å². The molecule has 49 heavy (non-hydrogen) atoms. The van der Waals surface area contributed by atoms with E-state index < -0.39 is 0 Å². The van der Waals surface area contributed by atoms with Gasteiger partial charge in [-0.3, -0.25) is 0 Å². The van der Waals surface area contributed by atoms with Crippen LogP contribution in [0.4, 0.5) is 17.1 Å². The molecule has 2 nitrogen and oxygen atoms in total. The molecule has 0 spiro atoms. The van der Waals surface area contributed by atoms with Gasteiger partial charge >= 0.3 is 0 Å². The Kier molecular flexibility index (Phi) is 7.81. The van der Waals surface area contributed by atoms with Gasteiger partial charge in [-0.1, -0.05) is 109 Å². The highest BCUT2D eigenvalue weighted by molar-refractivity contribution is 5.88. The zero-order chi connectivity index (χ0) is 32.7. The number of hydrogen-bond acceptors (Lipinski definition) is 2. The van der Waals surface area contributed by atoms with E-state index in [0.717, 1.165) is 57.8 Å². The summed E-state index contributed by atoms with van der Waals surface area (Å²) >= 11 is 0. The van der Waals surface area contributed by atoms with E-state index in [0.29, 0.717) is 5.92 Å². The van der Waals surface area contributed by atoms with Gasteiger partial charge in [0.15, 0.2) is 0 Å². The van der Waals surface area contributed by atoms with Crippen molar-refractivity contribution in [2.24, 2.45) is 23.7 Å². The maximum absolute atomic E-state index is 6.88. The Morgan fingerprint density at radius 3 is 1.76 bits per heavy atom. The minimum absolute atomic E-state index is 0.632. The molecule has 10 rings (SSSR count). The van der Waals surface area contributed by atoms with Crippen LogP contribution in [0.25, 0.3) is 22.3 Å². The first-order valence-electron chi connectivity index (χ1n) is 18.2. The molecule has 0 saturated heterocycles. The maximum Gasteiger partial charge on any atom is 0.130 e. The van der Waals surface area contributed by atoms with Gasteiger partial charge < -0.3 is 9.64 Å². The first-order valence-corrected chi connectivity index (χ1v) is 18.2. The first-order chi connectivity index (χ1) is 24.2. The number of aryl methyl sites for hydroxylation is 1. The van der Waals surface area contributed by atoms with Crippen molar-refractivity contribution in [2.45, 2.75) is 44.9 Å². The van der Waals surface area contributed by atoms with Gasteiger partial charge in [0, 0.05) is 16.9 Å². The molecule has 0 N–H and O–H groups in total. The summed E-state index contributed by atoms with van der Waals surface area (Å²) < 4.78 is 6.88. The molecule has 242 valence electrons. The molecule has 0 aliphatic heterocycles. The van der Waals surface area contributed by atoms with Gasteiger partial charge in [0.05, 0.1) is 5.69 Å². The van der Waals surface area contributed by atoms with Crippen LogP contribution in [0.2, 0.25) is 0 Å². The highest BCUT2D eigenvalue weighted by Gasteiger charge is 2.49. The second-order valence-corrected chi connectivity index (χ2v) is 14.7. The third-order valence-corrected chi connectivity index (χ3v) is 11.6. The normalized spacial score (nSPS) is 22.2. The maximum atomic E-state index is 6.88. The lowest BCUT2D eigenvalue weighted by Crippen LogP contribution is -2.43. The molecule has 4 saturated carbocycles. The molecule has 4 bridgehead atoms. The number of benzene rings is 6. The van der Waals surface area contributed by atoms with Gasteiger partial charge in [-0.05, 0) is 139 Å². The molecule has 0 amide bonds. The van der Waals surface area contributed by atoms with Crippen LogP contribution in [0.15, 0.2) is 152 Å². The third kappa shape index (κ3) is 5.74. The van der Waals surface area contributed by atoms with Crippen LogP contribution in [0.1, 0.15) is 49.1 Å². The Balaban J connectivity index is 1.08. The highest BCUT2D eigenvalue weighted by Crippen LogP contribution is 2.61. The first kappa shape index (κ1) is 30.0. The molecule has 0 aromatic heterocycles. The summed E-state index contributed by atoms with van der Waals surface area (Å²) in [5, 5.41) is 0. The van der Waals surface area contributed by atoms with Gasteiger partial charge in [-0.15, -0.1) is 0 Å². The third-order valence-electron chi connectivity index (χ3n) is 11.6. The molecule has 0 atom stereocenters. The molecule has 4 aliphatic carbocycles. The van der Waals surface area contributed by atoms with E-state index in [-0.39, 0.29) is 0 Å². The minimum atomic E-state index is 0.632. The second kappa shape index (κ2) is 12.7. The van der Waals surface area contributed by atoms with Crippen LogP contribution < -0.4 is 9.64 Å². The number of anilines is 3. The average molecular weight is 638 g/mol. The molecule has 0 radical (unpaired) electrons. The molecule has 2 heteroatoms. The summed E-state index contributed by atoms with van der Waals surface area (Å²) in [4.78, 5) is 2.39. The Bertz CT molecular complexity index is 2040. The number of nitrogens with zero attached hydrogens (tertiary/aromatic N) is 1. The SMILES string of the molecule is Cc1cc(N(c2ccc(-c3ccccc3)cc2)c2ccccc2-c2ccccc2)ccc1Oc1ccccc1C1C2CC3CC(C2)CC1C3. The van der Waals surface area contributed by atoms with Gasteiger partial charge in [-0.2, -0.15) is 0 Å². The van der Waals surface area contributed by atoms with Crippen molar-refractivity contribution in [3.05, 3.63) is 163 Å². The summed E-state index contributed by atoms with van der Waals surface area (Å²) in [6, 6.07) is 54.5. The fraction of sp³-hybridized carbons (Fsp3) is 0.234. The van der Waals surface area contributed by atoms with Crippen LogP contribution in [0.5, 0.6) is 11.5 Å². The van der Waals surface area contributed by atoms with Crippen molar-refractivity contribution in [1.29, 1.82) is 0 Å². The van der Waals surface area contributed by atoms with E-state index in [1.54, 1.807) is 0 Å². The largest absolute Gasteiger partial charge is 0.457 e. The molecular weight excluding hydrogens is 595 g/mol. The fourth-order valence-electron chi connectivity index (χ4n) is 9.68. The van der Waals surface area contributed by atoms with E-state index in [2.05, 4.69) is 163 Å². The lowest BCUT2D eigenvalue weighted by molar-refractivity contribution is -0.00335. The molecular formula is C47H43NO. The predicted molar refractivity (Wildman–Crippen MR) is 203 cm³/mol. The molecule has 6 aromatic carbocycles. The van der Waals surface area contributed by atoms with Crippen LogP contribution >= 0.6 is 0 Å². The van der Waals surface area contributed by atoms with Gasteiger partial charge in [0.1, 0.15) is 11.5 Å². The monoisotopic (exact) mass is 637 g/mol. The van der Waals surface area contributed by atoms with Gasteiger partial charge in [0.2, 0.25) is 0 Å². The number of ether oxygens (including phenoxy) is 1. The number of para-hydroxylation sites is 2. The zero-order valence-electron chi connectivity index (χ0n) is 28.2. The standard InChI is InChI=1S/C47H43NO/c1-32-26-41(24-25-45(32)49-46-19-11-9-17-43(46)47-38-28-33-27-34(30-38)31-39(47)29-33)48(40-22-20-36(21-23-40)35-12-4-2-5-13-35)44-18-10-8-16-42(44)37-14-6-3-7-15-37/h2-26,33-34,38-39,47H,27-31H2,1H3. The average Bonchev–Trinajstić information content (AvgIpc) is 3.14. The Morgan fingerprint density at radius 2 is 1.06 bits per heavy atom. The van der Waals surface area contributed by atoms with Crippen molar-refractivity contribution >= 4 is 17.1 Å². The van der Waals surface area contributed by atoms with Crippen molar-refractivity contribution in [1.82, 2.24) is 0 Å². The summed E-state index contributed by atoms with van der Waals surface area (Å²) in [7, 11) is 0. The van der Waals surface area contributed by atoms with E-state index in [1.165, 1.54) is 59.9 Å². The smallest absolute Gasteiger partial charge is 0.130 e. The zero-order valence-corrected chi connectivity index (χ0v) is 28.2. The Labute approximate surface area is 291 Å². The lowest BCUT2D eigenvalue weighted by atomic mass is 9.50. The fourth-order valence-corrected chi connectivity index (χ4v) is 9.68. The number of rotatable bonds is 8. The molecule has 6 aromatic rings. The summed E-state index contributed by atoms with van der Waals surface area (Å²) in [6.07, 6.45) is 7.12. The predicted octanol–water partition coefficient (Wildman–Crippen LogP) is 13.1. The highest BCUT2D eigenvalue weighted by atomic mass is 16.5. The van der Waals surface area contributed by atoms with E-state index in [1.807, 2.05) is 0 Å². The quantitative estimate of drug-likeness (QED) is 0.165. The topological polar surface area (TPSA) is 12.5 Å². The molecule has 4 fully saturated rings. The van der Waals surface area contributed by atoms with Crippen LogP contribution in [0.3, 0.4) is 0 Å². The van der Waals surface area contributed by atoms with E-state index >= 15 is 0 Å². The lowest BCUT2D eigenvalue weighted by Gasteiger charge is -2.54. The van der Waals surface area contributed by atoms with Crippen molar-refractivity contribution < 1.29 is 4.74 Å². The molecule has 0 heterocycles. The Hall–Kier alpha value is -5.08. The number of hydrogen-bond donors (Lipinski definition) is 0. The summed E-state index contributed by atoms with van der Waals surface area (Å²) in [5.41, 5.74) is 10.7. The van der Waals surface area contributed by atoms with Crippen molar-refractivity contribution in [3.63, 3.8) is 0 Å². The molecule has 0 unspecified atom stereocenters. The van der Waals surface area contributed by atoms with Crippen molar-refractivity contribution in [3.8, 4) is 33.8 Å². The molecule has 4 aliphatic rings. The second-order valence-electron chi connectivity index (χ2n) is 14.7. The summed E-state index contributed by atoms with van der Waals surface area (Å²) in [5.74, 6) is 6.16. The summed E-state index contributed by atoms with van der Waals surface area (Å²) in [6.45, 7) is 2.18. The van der Waals surface area contributed by atoms with Crippen molar-refractivity contribution in [2.75, 3.05) is 4.90 Å². The van der Waals surface area contributed by atoms with Crippen LogP contribution in [0, 0.1) is 30.6 Å². The van der Waals surface area contributed by atoms with Crippen LogP contribution in [-0.4, -0.2) is 0 Å². The van der Waals surface area contributed by atoms with Gasteiger partial charge in [0.25, 0.3) is 0 Å². The van der Waals surface area contributed by atoms with Gasteiger partial charge in [-0.25, -0.2) is 0 Å². The minimum Gasteiger partial charge on any atom is -0.457 e. The Morgan fingerprint density at radius 1 is 0.490 bits per heavy atom.